The topological polar surface area (TPSA) is 47.9 Å². The van der Waals surface area contributed by atoms with E-state index in [1.807, 2.05) is 36.7 Å². The predicted octanol–water partition coefficient (Wildman–Crippen LogP) is 4.43. The molecule has 2 aromatic carbocycles. The van der Waals surface area contributed by atoms with Crippen LogP contribution in [-0.2, 0) is 0 Å². The van der Waals surface area contributed by atoms with Crippen LogP contribution in [0.25, 0.3) is 11.1 Å². The van der Waals surface area contributed by atoms with Crippen molar-refractivity contribution in [1.29, 1.82) is 0 Å². The smallest absolute Gasteiger partial charge is 0.225 e. The van der Waals surface area contributed by atoms with Crippen LogP contribution in [0.2, 0.25) is 0 Å². The van der Waals surface area contributed by atoms with E-state index < -0.39 is 11.6 Å². The number of anilines is 1. The van der Waals surface area contributed by atoms with Crippen LogP contribution in [0.1, 0.15) is 30.0 Å². The van der Waals surface area contributed by atoms with E-state index in [1.54, 1.807) is 0 Å². The van der Waals surface area contributed by atoms with Gasteiger partial charge in [-0.2, -0.15) is 0 Å². The third-order valence-electron chi connectivity index (χ3n) is 7.00. The Balaban J connectivity index is 1.21. The molecule has 1 saturated heterocycles. The first kappa shape index (κ1) is 24.5. The van der Waals surface area contributed by atoms with E-state index in [9.17, 15) is 8.78 Å². The number of piperazine rings is 1. The molecule has 0 aliphatic carbocycles. The van der Waals surface area contributed by atoms with Gasteiger partial charge in [-0.1, -0.05) is 30.3 Å². The highest BCUT2D eigenvalue weighted by molar-refractivity contribution is 6.02. The van der Waals surface area contributed by atoms with Gasteiger partial charge in [-0.25, -0.2) is 18.7 Å². The van der Waals surface area contributed by atoms with Gasteiger partial charge < -0.3 is 9.80 Å². The van der Waals surface area contributed by atoms with E-state index in [1.165, 1.54) is 18.2 Å². The summed E-state index contributed by atoms with van der Waals surface area (Å²) in [5.74, 6) is -0.338. The van der Waals surface area contributed by atoms with Crippen molar-refractivity contribution in [2.24, 2.45) is 4.99 Å². The lowest BCUT2D eigenvalue weighted by molar-refractivity contribution is 0.228. The monoisotopic (exact) mass is 490 g/mol. The number of benzene rings is 2. The third-order valence-corrected chi connectivity index (χ3v) is 7.00. The molecule has 5 rings (SSSR count). The number of rotatable bonds is 7. The molecule has 8 heteroatoms. The lowest BCUT2D eigenvalue weighted by atomic mass is 10.0. The quantitative estimate of drug-likeness (QED) is 0.491. The van der Waals surface area contributed by atoms with Crippen LogP contribution in [0.4, 0.5) is 14.7 Å². The zero-order chi connectivity index (χ0) is 25.1. The van der Waals surface area contributed by atoms with Gasteiger partial charge in [0, 0.05) is 62.9 Å². The zero-order valence-corrected chi connectivity index (χ0v) is 20.9. The average molecular weight is 491 g/mol. The van der Waals surface area contributed by atoms with Crippen LogP contribution in [-0.4, -0.2) is 78.8 Å². The molecular weight excluding hydrogens is 458 g/mol. The summed E-state index contributed by atoms with van der Waals surface area (Å²) >= 11 is 0. The fraction of sp³-hybridized carbons (Fsp3) is 0.393. The van der Waals surface area contributed by atoms with Gasteiger partial charge in [-0.3, -0.25) is 9.89 Å². The number of aliphatic imine (C=N–C) groups is 1. The predicted molar refractivity (Wildman–Crippen MR) is 140 cm³/mol. The number of hydrogen-bond acceptors (Lipinski definition) is 6. The summed E-state index contributed by atoms with van der Waals surface area (Å²) in [6.45, 7) is 6.07. The Kier molecular flexibility index (Phi) is 7.34. The van der Waals surface area contributed by atoms with Gasteiger partial charge in [0.2, 0.25) is 5.95 Å². The summed E-state index contributed by atoms with van der Waals surface area (Å²) in [5.41, 5.74) is 3.53. The first-order valence-corrected chi connectivity index (χ1v) is 12.5. The lowest BCUT2D eigenvalue weighted by Gasteiger charge is -2.35. The minimum Gasteiger partial charge on any atom is -0.338 e. The van der Waals surface area contributed by atoms with Crippen LogP contribution in [0.3, 0.4) is 0 Å². The Morgan fingerprint density at radius 1 is 0.889 bits per heavy atom. The molecule has 1 atom stereocenters. The van der Waals surface area contributed by atoms with E-state index >= 15 is 0 Å². The maximum Gasteiger partial charge on any atom is 0.225 e. The van der Waals surface area contributed by atoms with Crippen molar-refractivity contribution >= 4 is 11.7 Å². The molecule has 2 aliphatic heterocycles. The van der Waals surface area contributed by atoms with Crippen molar-refractivity contribution in [1.82, 2.24) is 19.8 Å². The molecule has 188 valence electrons. The van der Waals surface area contributed by atoms with Gasteiger partial charge >= 0.3 is 0 Å². The van der Waals surface area contributed by atoms with E-state index in [0.29, 0.717) is 12.1 Å². The lowest BCUT2D eigenvalue weighted by Crippen LogP contribution is -2.48. The van der Waals surface area contributed by atoms with Crippen LogP contribution in [0, 0.1) is 11.6 Å². The van der Waals surface area contributed by atoms with Crippen LogP contribution in [0.15, 0.2) is 59.9 Å². The molecule has 0 spiro atoms. The minimum atomic E-state index is -0.556. The molecule has 0 amide bonds. The molecule has 0 radical (unpaired) electrons. The molecule has 0 N–H and O–H groups in total. The van der Waals surface area contributed by atoms with Gasteiger partial charge in [0.25, 0.3) is 0 Å². The van der Waals surface area contributed by atoms with Crippen molar-refractivity contribution in [3.8, 4) is 11.1 Å². The number of hydrogen-bond donors (Lipinski definition) is 0. The summed E-state index contributed by atoms with van der Waals surface area (Å²) in [5, 5.41) is 0. The molecule has 6 nitrogen and oxygen atoms in total. The molecule has 3 heterocycles. The number of likely N-dealkylation sites (N-methyl/N-ethyl adjacent to an activating group) is 1. The molecule has 1 aromatic heterocycles. The molecule has 2 aliphatic rings. The van der Waals surface area contributed by atoms with Gasteiger partial charge in [-0.15, -0.1) is 0 Å². The Morgan fingerprint density at radius 2 is 1.56 bits per heavy atom. The molecule has 36 heavy (non-hydrogen) atoms. The third kappa shape index (κ3) is 5.44. The van der Waals surface area contributed by atoms with Crippen molar-refractivity contribution in [2.45, 2.75) is 18.9 Å². The van der Waals surface area contributed by atoms with Crippen molar-refractivity contribution in [3.05, 3.63) is 77.6 Å². The summed E-state index contributed by atoms with van der Waals surface area (Å²) in [6, 6.07) is 12.0. The SMILES string of the molecule is CN(C)CCN1CCN(c2ncc(-c3ccc(C4CCC(c5c(F)cccc5F)=N4)cc3)cn2)CC1. The second kappa shape index (κ2) is 10.8. The molecular formula is C28H32F2N6. The summed E-state index contributed by atoms with van der Waals surface area (Å²) in [4.78, 5) is 20.8. The maximum atomic E-state index is 14.2. The first-order chi connectivity index (χ1) is 17.5. The molecule has 1 fully saturated rings. The van der Waals surface area contributed by atoms with Crippen LogP contribution >= 0.6 is 0 Å². The second-order valence-electron chi connectivity index (χ2n) is 9.75. The summed E-state index contributed by atoms with van der Waals surface area (Å²) < 4.78 is 28.3. The standard InChI is InChI=1S/C28H32F2N6/c1-34(2)12-13-35-14-16-36(17-15-35)28-31-18-22(19-32-28)20-6-8-21(9-7-20)25-10-11-26(33-25)27-23(29)4-3-5-24(27)30/h3-9,18-19,25H,10-17H2,1-2H3. The highest BCUT2D eigenvalue weighted by Crippen LogP contribution is 2.33. The van der Waals surface area contributed by atoms with Crippen molar-refractivity contribution < 1.29 is 8.78 Å². The minimum absolute atomic E-state index is 0.00355. The Bertz CT molecular complexity index is 1180. The van der Waals surface area contributed by atoms with Crippen molar-refractivity contribution in [3.63, 3.8) is 0 Å². The normalized spacial score (nSPS) is 18.6. The van der Waals surface area contributed by atoms with E-state index in [4.69, 9.17) is 0 Å². The largest absolute Gasteiger partial charge is 0.338 e. The van der Waals surface area contributed by atoms with E-state index in [-0.39, 0.29) is 11.6 Å². The molecule has 3 aromatic rings. The van der Waals surface area contributed by atoms with Gasteiger partial charge in [0.15, 0.2) is 0 Å². The summed E-state index contributed by atoms with van der Waals surface area (Å²) in [6.07, 6.45) is 5.05. The first-order valence-electron chi connectivity index (χ1n) is 12.5. The Morgan fingerprint density at radius 3 is 2.19 bits per heavy atom. The summed E-state index contributed by atoms with van der Waals surface area (Å²) in [7, 11) is 4.21. The molecule has 1 unspecified atom stereocenters. The highest BCUT2D eigenvalue weighted by Gasteiger charge is 2.24. The molecule has 0 bridgehead atoms. The zero-order valence-electron chi connectivity index (χ0n) is 20.9. The fourth-order valence-corrected chi connectivity index (χ4v) is 4.84. The molecule has 0 saturated carbocycles. The number of aromatic nitrogens is 2. The Labute approximate surface area is 211 Å². The number of halogens is 2. The average Bonchev–Trinajstić information content (AvgIpc) is 3.38. The fourth-order valence-electron chi connectivity index (χ4n) is 4.84. The van der Waals surface area contributed by atoms with Crippen LogP contribution in [0.5, 0.6) is 0 Å². The van der Waals surface area contributed by atoms with E-state index in [0.717, 1.165) is 68.3 Å². The van der Waals surface area contributed by atoms with Crippen molar-refractivity contribution in [2.75, 3.05) is 58.3 Å². The Hall–Kier alpha value is -3.23. The van der Waals surface area contributed by atoms with Gasteiger partial charge in [-0.05, 0) is 50.2 Å². The van der Waals surface area contributed by atoms with Gasteiger partial charge in [0.05, 0.1) is 11.6 Å². The van der Waals surface area contributed by atoms with Gasteiger partial charge in [0.1, 0.15) is 11.6 Å². The van der Waals surface area contributed by atoms with E-state index in [2.05, 4.69) is 43.8 Å². The second-order valence-corrected chi connectivity index (χ2v) is 9.75. The number of nitrogens with zero attached hydrogens (tertiary/aromatic N) is 6. The van der Waals surface area contributed by atoms with Crippen LogP contribution < -0.4 is 4.90 Å². The maximum absolute atomic E-state index is 14.2. The highest BCUT2D eigenvalue weighted by atomic mass is 19.1.